The molecule has 4 atom stereocenters. The van der Waals surface area contributed by atoms with Crippen LogP contribution in [0.15, 0.2) is 0 Å². The molecule has 0 heterocycles. The Kier molecular flexibility index (Phi) is 13.1. The third-order valence-electron chi connectivity index (χ3n) is 4.15. The number of aliphatic hydroxyl groups is 1. The molecule has 0 saturated heterocycles. The number of carboxylic acid groups (broad SMARTS) is 2. The molecule has 0 aliphatic carbocycles. The second kappa shape index (κ2) is 14.7. The summed E-state index contributed by atoms with van der Waals surface area (Å²) >= 11 is 0. The fourth-order valence-electron chi connectivity index (χ4n) is 2.46. The quantitative estimate of drug-likeness (QED) is 0.0982. The molecule has 0 aliphatic heterocycles. The van der Waals surface area contributed by atoms with Gasteiger partial charge in [-0.25, -0.2) is 4.79 Å². The lowest BCUT2D eigenvalue weighted by Gasteiger charge is -2.24. The van der Waals surface area contributed by atoms with E-state index in [-0.39, 0.29) is 13.0 Å². The van der Waals surface area contributed by atoms with Crippen LogP contribution < -0.4 is 33.2 Å². The van der Waals surface area contributed by atoms with Crippen molar-refractivity contribution in [3.8, 4) is 0 Å². The minimum absolute atomic E-state index is 0.0153. The van der Waals surface area contributed by atoms with Crippen LogP contribution in [0, 0.1) is 0 Å². The molecule has 0 aromatic carbocycles. The Morgan fingerprint density at radius 3 is 1.78 bits per heavy atom. The summed E-state index contributed by atoms with van der Waals surface area (Å²) in [6.07, 6.45) is -0.556. The molecule has 0 aliphatic rings. The third kappa shape index (κ3) is 11.2. The molecule has 4 amide bonds. The number of aliphatic carboxylic acids is 2. The van der Waals surface area contributed by atoms with Gasteiger partial charge in [-0.15, -0.1) is 0 Å². The van der Waals surface area contributed by atoms with Gasteiger partial charge in [0.1, 0.15) is 18.1 Å². The third-order valence-corrected chi connectivity index (χ3v) is 4.15. The van der Waals surface area contributed by atoms with Crippen molar-refractivity contribution in [2.24, 2.45) is 17.2 Å². The Hall–Kier alpha value is -3.30. The van der Waals surface area contributed by atoms with Gasteiger partial charge in [-0.2, -0.15) is 0 Å². The highest BCUT2D eigenvalue weighted by molar-refractivity contribution is 5.95. The number of amides is 4. The number of nitrogens with two attached hydrogens (primary N) is 3. The molecule has 0 radical (unpaired) electrons. The van der Waals surface area contributed by atoms with Crippen LogP contribution in [-0.2, 0) is 28.8 Å². The van der Waals surface area contributed by atoms with Crippen LogP contribution in [0.25, 0.3) is 0 Å². The zero-order valence-electron chi connectivity index (χ0n) is 17.3. The van der Waals surface area contributed by atoms with E-state index in [4.69, 9.17) is 27.4 Å². The average molecular weight is 462 g/mol. The van der Waals surface area contributed by atoms with Crippen molar-refractivity contribution in [3.05, 3.63) is 0 Å². The highest BCUT2D eigenvalue weighted by Gasteiger charge is 2.30. The highest BCUT2D eigenvalue weighted by atomic mass is 16.4. The first-order valence-corrected chi connectivity index (χ1v) is 9.63. The lowest BCUT2D eigenvalue weighted by atomic mass is 10.1. The van der Waals surface area contributed by atoms with E-state index in [0.29, 0.717) is 12.8 Å². The maximum absolute atomic E-state index is 12.5. The van der Waals surface area contributed by atoms with Gasteiger partial charge in [-0.1, -0.05) is 0 Å². The SMILES string of the molecule is NCCCCC(NC(=O)C(CO)NC(=O)C(N)CC(N)=O)C(=O)NC(CC(=O)O)C(=O)O. The van der Waals surface area contributed by atoms with E-state index in [0.717, 1.165) is 0 Å². The van der Waals surface area contributed by atoms with Crippen molar-refractivity contribution in [2.75, 3.05) is 13.2 Å². The van der Waals surface area contributed by atoms with Gasteiger partial charge in [-0.3, -0.25) is 24.0 Å². The van der Waals surface area contributed by atoms with Crippen LogP contribution in [-0.4, -0.2) is 88.2 Å². The number of aliphatic hydroxyl groups excluding tert-OH is 1. The number of hydrogen-bond acceptors (Lipinski definition) is 9. The summed E-state index contributed by atoms with van der Waals surface area (Å²) in [5, 5.41) is 33.7. The average Bonchev–Trinajstić information content (AvgIpc) is 2.69. The first-order valence-electron chi connectivity index (χ1n) is 9.63. The predicted molar refractivity (Wildman–Crippen MR) is 107 cm³/mol. The molecule has 0 aromatic rings. The van der Waals surface area contributed by atoms with Crippen molar-refractivity contribution in [1.82, 2.24) is 16.0 Å². The number of nitrogens with one attached hydrogen (secondary N) is 3. The van der Waals surface area contributed by atoms with E-state index in [2.05, 4.69) is 10.6 Å². The number of rotatable bonds is 16. The smallest absolute Gasteiger partial charge is 0.326 e. The number of unbranched alkanes of at least 4 members (excludes halogenated alkanes) is 1. The summed E-state index contributed by atoms with van der Waals surface area (Å²) < 4.78 is 0. The Morgan fingerprint density at radius 1 is 0.781 bits per heavy atom. The molecule has 12 N–H and O–H groups in total. The zero-order chi connectivity index (χ0) is 24.8. The summed E-state index contributed by atoms with van der Waals surface area (Å²) in [5.41, 5.74) is 15.8. The maximum Gasteiger partial charge on any atom is 0.326 e. The first-order chi connectivity index (χ1) is 14.9. The molecule has 0 saturated carbocycles. The molecule has 0 rings (SSSR count). The Balaban J connectivity index is 5.30. The molecular weight excluding hydrogens is 432 g/mol. The van der Waals surface area contributed by atoms with E-state index < -0.39 is 79.2 Å². The van der Waals surface area contributed by atoms with Crippen molar-refractivity contribution in [1.29, 1.82) is 0 Å². The second-order valence-electron chi connectivity index (χ2n) is 6.86. The van der Waals surface area contributed by atoms with E-state index in [9.17, 15) is 33.9 Å². The van der Waals surface area contributed by atoms with Crippen LogP contribution >= 0.6 is 0 Å². The number of carbonyl (C=O) groups excluding carboxylic acids is 4. The van der Waals surface area contributed by atoms with Crippen LogP contribution in [0.5, 0.6) is 0 Å². The van der Waals surface area contributed by atoms with Crippen molar-refractivity contribution in [3.63, 3.8) is 0 Å². The monoisotopic (exact) mass is 462 g/mol. The maximum atomic E-state index is 12.5. The molecule has 0 aromatic heterocycles. The van der Waals surface area contributed by atoms with Gasteiger partial charge in [0.25, 0.3) is 0 Å². The van der Waals surface area contributed by atoms with E-state index in [1.54, 1.807) is 0 Å². The van der Waals surface area contributed by atoms with Gasteiger partial charge in [0, 0.05) is 0 Å². The summed E-state index contributed by atoms with van der Waals surface area (Å²) in [6, 6.07) is -5.96. The van der Waals surface area contributed by atoms with Gasteiger partial charge in [0.05, 0.1) is 25.5 Å². The molecular formula is C17H30N6O9. The van der Waals surface area contributed by atoms with Gasteiger partial charge < -0.3 is 48.5 Å². The Morgan fingerprint density at radius 2 is 1.31 bits per heavy atom. The molecule has 4 unspecified atom stereocenters. The molecule has 15 heteroatoms. The standard InChI is InChI=1S/C17H30N6O9/c18-4-2-1-3-9(15(29)22-10(17(31)32)6-13(26)27)21-16(30)11(7-24)23-14(28)8(19)5-12(20)25/h8-11,24H,1-7,18-19H2,(H2,20,25)(H,21,30)(H,22,29)(H,23,28)(H,26,27)(H,31,32). The fourth-order valence-corrected chi connectivity index (χ4v) is 2.46. The summed E-state index contributed by atoms with van der Waals surface area (Å²) in [6.45, 7) is -0.596. The molecule has 15 nitrogen and oxygen atoms in total. The fraction of sp³-hybridized carbons (Fsp3) is 0.647. The second-order valence-corrected chi connectivity index (χ2v) is 6.86. The predicted octanol–water partition coefficient (Wildman–Crippen LogP) is -4.68. The number of hydrogen-bond donors (Lipinski definition) is 9. The van der Waals surface area contributed by atoms with E-state index >= 15 is 0 Å². The highest BCUT2D eigenvalue weighted by Crippen LogP contribution is 2.04. The van der Waals surface area contributed by atoms with E-state index in [1.807, 2.05) is 5.32 Å². The van der Waals surface area contributed by atoms with Gasteiger partial charge >= 0.3 is 11.9 Å². The summed E-state index contributed by atoms with van der Waals surface area (Å²) in [5.74, 6) is -6.82. The van der Waals surface area contributed by atoms with Gasteiger partial charge in [0.15, 0.2) is 0 Å². The Labute approximate surface area is 183 Å². The first kappa shape index (κ1) is 28.7. The Bertz CT molecular complexity index is 702. The topological polar surface area (TPSA) is 277 Å². The van der Waals surface area contributed by atoms with Crippen molar-refractivity contribution < 1.29 is 44.1 Å². The van der Waals surface area contributed by atoms with Crippen LogP contribution in [0.2, 0.25) is 0 Å². The summed E-state index contributed by atoms with van der Waals surface area (Å²) in [7, 11) is 0. The van der Waals surface area contributed by atoms with Crippen LogP contribution in [0.3, 0.4) is 0 Å². The lowest BCUT2D eigenvalue weighted by molar-refractivity contribution is -0.147. The van der Waals surface area contributed by atoms with Gasteiger partial charge in [0.2, 0.25) is 23.6 Å². The summed E-state index contributed by atoms with van der Waals surface area (Å²) in [4.78, 5) is 69.8. The van der Waals surface area contributed by atoms with Crippen LogP contribution in [0.4, 0.5) is 0 Å². The molecule has 0 spiro atoms. The normalized spacial score (nSPS) is 14.3. The zero-order valence-corrected chi connectivity index (χ0v) is 17.3. The minimum atomic E-state index is -1.74. The minimum Gasteiger partial charge on any atom is -0.481 e. The van der Waals surface area contributed by atoms with Gasteiger partial charge in [-0.05, 0) is 25.8 Å². The number of carbonyl (C=O) groups is 6. The molecule has 182 valence electrons. The molecule has 0 fully saturated rings. The van der Waals surface area contributed by atoms with Crippen LogP contribution in [0.1, 0.15) is 32.1 Å². The largest absolute Gasteiger partial charge is 0.481 e. The van der Waals surface area contributed by atoms with E-state index in [1.165, 1.54) is 0 Å². The lowest BCUT2D eigenvalue weighted by Crippen LogP contribution is -2.58. The van der Waals surface area contributed by atoms with Crippen molar-refractivity contribution >= 4 is 35.6 Å². The molecule has 32 heavy (non-hydrogen) atoms. The molecule has 0 bridgehead atoms. The number of primary amides is 1. The van der Waals surface area contributed by atoms with Crippen molar-refractivity contribution in [2.45, 2.75) is 56.3 Å². The number of carboxylic acids is 2.